The number of hydrogen-bond donors (Lipinski definition) is 4. The molecule has 4 amide bonds. The van der Waals surface area contributed by atoms with Gasteiger partial charge in [0.05, 0.1) is 51.7 Å². The summed E-state index contributed by atoms with van der Waals surface area (Å²) in [7, 11) is 0. The highest BCUT2D eigenvalue weighted by Gasteiger charge is 2.42. The first-order valence-electron chi connectivity index (χ1n) is 17.2. The number of ether oxygens (including phenoxy) is 4. The molecule has 3 unspecified atom stereocenters. The van der Waals surface area contributed by atoms with Gasteiger partial charge in [-0.1, -0.05) is 6.42 Å². The number of fused-ring (bicyclic) bond motifs is 3. The van der Waals surface area contributed by atoms with Gasteiger partial charge in [0.25, 0.3) is 0 Å². The Balaban J connectivity index is 0.821. The first kappa shape index (κ1) is 37.6. The van der Waals surface area contributed by atoms with Gasteiger partial charge in [-0.25, -0.2) is 9.59 Å². The topological polar surface area (TPSA) is 180 Å². The van der Waals surface area contributed by atoms with Crippen molar-refractivity contribution in [3.05, 3.63) is 45.0 Å². The first-order valence-corrected chi connectivity index (χ1v) is 18.2. The van der Waals surface area contributed by atoms with Crippen molar-refractivity contribution in [3.8, 4) is 0 Å². The van der Waals surface area contributed by atoms with E-state index in [1.54, 1.807) is 0 Å². The van der Waals surface area contributed by atoms with E-state index >= 15 is 0 Å². The lowest BCUT2D eigenvalue weighted by Crippen LogP contribution is -2.36. The zero-order valence-electron chi connectivity index (χ0n) is 29.0. The first-order chi connectivity index (χ1) is 24.2. The van der Waals surface area contributed by atoms with Crippen molar-refractivity contribution in [1.29, 1.82) is 0 Å². The number of thioether (sulfide) groups is 1. The zero-order chi connectivity index (χ0) is 35.5. The van der Waals surface area contributed by atoms with Crippen LogP contribution in [-0.4, -0.2) is 93.9 Å². The zero-order valence-corrected chi connectivity index (χ0v) is 29.8. The van der Waals surface area contributed by atoms with Crippen molar-refractivity contribution in [2.24, 2.45) is 0 Å². The van der Waals surface area contributed by atoms with Gasteiger partial charge < -0.3 is 49.0 Å². The van der Waals surface area contributed by atoms with Crippen molar-refractivity contribution in [2.75, 3.05) is 58.7 Å². The minimum atomic E-state index is -0.398. The van der Waals surface area contributed by atoms with Gasteiger partial charge in [-0.15, -0.1) is 0 Å². The minimum Gasteiger partial charge on any atom is -0.461 e. The largest absolute Gasteiger partial charge is 0.461 e. The highest BCUT2D eigenvalue weighted by Crippen LogP contribution is 2.35. The quantitative estimate of drug-likeness (QED) is 0.0550. The second kappa shape index (κ2) is 18.6. The summed E-state index contributed by atoms with van der Waals surface area (Å²) in [6.07, 6.45) is 3.45. The molecule has 274 valence electrons. The Morgan fingerprint density at radius 2 is 1.56 bits per heavy atom. The van der Waals surface area contributed by atoms with E-state index in [9.17, 15) is 19.2 Å². The predicted molar refractivity (Wildman–Crippen MR) is 188 cm³/mol. The van der Waals surface area contributed by atoms with Gasteiger partial charge in [-0.05, 0) is 45.2 Å². The van der Waals surface area contributed by atoms with E-state index in [0.717, 1.165) is 52.5 Å². The third kappa shape index (κ3) is 10.2. The number of furan rings is 1. The van der Waals surface area contributed by atoms with Gasteiger partial charge in [0.1, 0.15) is 23.7 Å². The van der Waals surface area contributed by atoms with Crippen LogP contribution in [0, 0.1) is 20.8 Å². The number of aryl methyl sites for hydroxylation is 3. The molecule has 2 saturated heterocycles. The number of unbranched alkanes of at least 4 members (excludes halogenated alkanes) is 1. The van der Waals surface area contributed by atoms with Gasteiger partial charge in [-0.3, -0.25) is 9.59 Å². The average Bonchev–Trinajstić information content (AvgIpc) is 3.74. The molecule has 0 spiro atoms. The highest BCUT2D eigenvalue weighted by molar-refractivity contribution is 8.00. The van der Waals surface area contributed by atoms with E-state index in [1.807, 2.05) is 38.6 Å². The predicted octanol–water partition coefficient (Wildman–Crippen LogP) is 3.34. The monoisotopic (exact) mass is 716 g/mol. The van der Waals surface area contributed by atoms with Crippen LogP contribution in [0.15, 0.2) is 25.8 Å². The van der Waals surface area contributed by atoms with Crippen molar-refractivity contribution >= 4 is 51.5 Å². The fourth-order valence-corrected chi connectivity index (χ4v) is 7.80. The molecule has 2 aliphatic heterocycles. The normalized spacial score (nSPS) is 18.4. The van der Waals surface area contributed by atoms with Crippen molar-refractivity contribution in [3.63, 3.8) is 0 Å². The molecular formula is C35H48N4O10S. The molecule has 1 aromatic carbocycles. The Labute approximate surface area is 295 Å². The summed E-state index contributed by atoms with van der Waals surface area (Å²) in [5.41, 5.74) is 3.22. The lowest BCUT2D eigenvalue weighted by molar-refractivity contribution is -0.123. The lowest BCUT2D eigenvalue weighted by atomic mass is 10.0. The summed E-state index contributed by atoms with van der Waals surface area (Å²) < 4.78 is 33.2. The van der Waals surface area contributed by atoms with Crippen molar-refractivity contribution in [1.82, 2.24) is 21.3 Å². The molecule has 3 aromatic rings. The number of hydrogen-bond acceptors (Lipinski definition) is 11. The lowest BCUT2D eigenvalue weighted by Gasteiger charge is -2.16. The second-order valence-electron chi connectivity index (χ2n) is 12.5. The fourth-order valence-electron chi connectivity index (χ4n) is 6.25. The van der Waals surface area contributed by atoms with Crippen LogP contribution in [0.5, 0.6) is 0 Å². The molecule has 0 bridgehead atoms. The molecule has 50 heavy (non-hydrogen) atoms. The van der Waals surface area contributed by atoms with Crippen molar-refractivity contribution in [2.45, 2.75) is 76.8 Å². The molecule has 4 heterocycles. The van der Waals surface area contributed by atoms with Crippen LogP contribution in [0.1, 0.15) is 54.6 Å². The maximum Gasteiger partial charge on any atom is 0.336 e. The summed E-state index contributed by atoms with van der Waals surface area (Å²) in [6.45, 7) is 8.52. The van der Waals surface area contributed by atoms with Gasteiger partial charge in [0.15, 0.2) is 0 Å². The number of amides is 4. The summed E-state index contributed by atoms with van der Waals surface area (Å²) in [5, 5.41) is 13.9. The summed E-state index contributed by atoms with van der Waals surface area (Å²) in [6, 6.07) is 3.78. The van der Waals surface area contributed by atoms with E-state index in [2.05, 4.69) is 21.3 Å². The Bertz CT molecular complexity index is 1690. The molecule has 15 heteroatoms. The SMILES string of the molecule is Cc1oc2c(C)c3oc(=O)cc(C)c3cc2c1CNC(=O)CCOCCOCCOCOCCNC(=O)CCCCC1SCC2NC(=O)NC21. The Hall–Kier alpha value is -3.63. The van der Waals surface area contributed by atoms with Crippen LogP contribution in [-0.2, 0) is 35.1 Å². The number of rotatable bonds is 21. The molecule has 2 aromatic heterocycles. The third-order valence-electron chi connectivity index (χ3n) is 8.92. The third-order valence-corrected chi connectivity index (χ3v) is 10.4. The van der Waals surface area contributed by atoms with Gasteiger partial charge in [0, 0.05) is 64.9 Å². The molecular weight excluding hydrogens is 668 g/mol. The van der Waals surface area contributed by atoms with Gasteiger partial charge in [-0.2, -0.15) is 11.8 Å². The van der Waals surface area contributed by atoms with E-state index in [0.29, 0.717) is 74.7 Å². The maximum absolute atomic E-state index is 12.5. The van der Waals surface area contributed by atoms with E-state index in [-0.39, 0.29) is 49.7 Å². The molecule has 0 radical (unpaired) electrons. The van der Waals surface area contributed by atoms with Gasteiger partial charge in [0.2, 0.25) is 11.8 Å². The van der Waals surface area contributed by atoms with E-state index in [1.165, 1.54) is 6.07 Å². The van der Waals surface area contributed by atoms with Crippen LogP contribution in [0.3, 0.4) is 0 Å². The van der Waals surface area contributed by atoms with Crippen LogP contribution in [0.25, 0.3) is 21.9 Å². The second-order valence-corrected chi connectivity index (χ2v) is 13.8. The van der Waals surface area contributed by atoms with E-state index in [4.69, 9.17) is 27.8 Å². The van der Waals surface area contributed by atoms with Gasteiger partial charge >= 0.3 is 11.7 Å². The summed E-state index contributed by atoms with van der Waals surface area (Å²) >= 11 is 1.89. The van der Waals surface area contributed by atoms with Crippen LogP contribution in [0.4, 0.5) is 4.79 Å². The van der Waals surface area contributed by atoms with E-state index < -0.39 is 5.63 Å². The Morgan fingerprint density at radius 3 is 2.38 bits per heavy atom. The minimum absolute atomic E-state index is 0.00917. The summed E-state index contributed by atoms with van der Waals surface area (Å²) in [5.74, 6) is 1.51. The highest BCUT2D eigenvalue weighted by atomic mass is 32.2. The molecule has 14 nitrogen and oxygen atoms in total. The number of carbonyl (C=O) groups excluding carboxylic acids is 3. The fraction of sp³-hybridized carbons (Fsp3) is 0.600. The molecule has 2 fully saturated rings. The number of benzene rings is 1. The molecule has 2 aliphatic rings. The van der Waals surface area contributed by atoms with Crippen LogP contribution in [0.2, 0.25) is 0 Å². The summed E-state index contributed by atoms with van der Waals surface area (Å²) in [4.78, 5) is 47.9. The number of urea groups is 1. The molecule has 0 saturated carbocycles. The Kier molecular flexibility index (Phi) is 14.0. The molecule has 4 N–H and O–H groups in total. The van der Waals surface area contributed by atoms with Crippen molar-refractivity contribution < 1.29 is 42.2 Å². The average molecular weight is 717 g/mol. The number of nitrogens with one attached hydrogen (secondary N) is 4. The standard InChI is InChI=1S/C35H48N4O10S/c1-21-16-31(42)49-33-22(2)34-25(17-24(21)33)26(23(3)48-34)18-37-30(41)8-10-44-12-13-45-14-15-47-20-46-11-9-36-29(40)7-5-4-6-28-32-27(19-50-28)38-35(43)39-32/h16-17,27-28,32H,4-15,18-20H2,1-3H3,(H,36,40)(H,37,41)(H2,38,39,43). The molecule has 3 atom stereocenters. The van der Waals surface area contributed by atoms with Crippen LogP contribution >= 0.6 is 11.8 Å². The maximum atomic E-state index is 12.5. The smallest absolute Gasteiger partial charge is 0.336 e. The van der Waals surface area contributed by atoms with Crippen LogP contribution < -0.4 is 26.9 Å². The molecule has 5 rings (SSSR count). The molecule has 0 aliphatic carbocycles. The number of carbonyl (C=O) groups is 3. The Morgan fingerprint density at radius 1 is 0.840 bits per heavy atom.